The van der Waals surface area contributed by atoms with Crippen LogP contribution in [0.15, 0.2) is 0 Å². The lowest BCUT2D eigenvalue weighted by Crippen LogP contribution is -2.32. The predicted molar refractivity (Wildman–Crippen MR) is 71.9 cm³/mol. The number of rotatable bonds is 10. The molecule has 1 heterocycles. The number of aliphatic hydroxyl groups excluding tert-OH is 1. The van der Waals surface area contributed by atoms with Crippen LogP contribution in [0.25, 0.3) is 0 Å². The van der Waals surface area contributed by atoms with Crippen molar-refractivity contribution < 1.29 is 39.4 Å². The topological polar surface area (TPSA) is 118 Å². The van der Waals surface area contributed by atoms with Gasteiger partial charge in [0, 0.05) is 6.42 Å². The second kappa shape index (κ2) is 10.1. The third kappa shape index (κ3) is 7.45. The van der Waals surface area contributed by atoms with E-state index in [4.69, 9.17) is 24.6 Å². The maximum Gasteiger partial charge on any atom is 0.305 e. The Labute approximate surface area is 129 Å². The summed E-state index contributed by atoms with van der Waals surface area (Å²) in [6.07, 6.45) is -0.452. The summed E-state index contributed by atoms with van der Waals surface area (Å²) in [5.41, 5.74) is 0. The predicted octanol–water partition coefficient (Wildman–Crippen LogP) is 0.265. The van der Waals surface area contributed by atoms with Crippen molar-refractivity contribution in [1.29, 1.82) is 0 Å². The molecule has 1 rings (SSSR count). The Morgan fingerprint density at radius 1 is 1.41 bits per heavy atom. The fraction of sp³-hybridized carbons (Fsp3) is 0.923. The molecule has 1 saturated heterocycles. The zero-order valence-corrected chi connectivity index (χ0v) is 12.9. The number of nitrogens with zero attached hydrogens (tertiary/aromatic N) is 1. The minimum Gasteiger partial charge on any atom is -0.463 e. The highest BCUT2D eigenvalue weighted by atomic mass is 17.1. The Morgan fingerprint density at radius 3 is 2.73 bits per heavy atom. The van der Waals surface area contributed by atoms with Gasteiger partial charge in [-0.2, -0.15) is 0 Å². The number of ether oxygens (including phenoxy) is 3. The molecular weight excluding hydrogens is 298 g/mol. The molecule has 3 N–H and O–H groups in total. The lowest BCUT2D eigenvalue weighted by Gasteiger charge is -2.17. The summed E-state index contributed by atoms with van der Waals surface area (Å²) in [5.74, 6) is -0.364. The fourth-order valence-corrected chi connectivity index (χ4v) is 2.16. The van der Waals surface area contributed by atoms with E-state index >= 15 is 0 Å². The van der Waals surface area contributed by atoms with Crippen molar-refractivity contribution in [3.63, 3.8) is 0 Å². The van der Waals surface area contributed by atoms with Gasteiger partial charge in [-0.05, 0) is 26.7 Å². The van der Waals surface area contributed by atoms with Crippen molar-refractivity contribution in [2.45, 2.75) is 57.5 Å². The highest BCUT2D eigenvalue weighted by Crippen LogP contribution is 2.17. The van der Waals surface area contributed by atoms with E-state index in [2.05, 4.69) is 4.84 Å². The second-order valence-corrected chi connectivity index (χ2v) is 5.22. The molecule has 0 spiro atoms. The van der Waals surface area contributed by atoms with E-state index in [1.807, 2.05) is 6.92 Å². The molecule has 0 amide bonds. The average Bonchev–Trinajstić information content (AvgIpc) is 2.74. The van der Waals surface area contributed by atoms with Gasteiger partial charge in [0.2, 0.25) is 0 Å². The molecule has 0 radical (unpaired) electrons. The molecule has 0 unspecified atom stereocenters. The van der Waals surface area contributed by atoms with Gasteiger partial charge in [0.15, 0.2) is 0 Å². The molecule has 1 aliphatic rings. The molecule has 4 atom stereocenters. The highest BCUT2D eigenvalue weighted by Gasteiger charge is 2.33. The molecule has 0 aromatic rings. The van der Waals surface area contributed by atoms with Gasteiger partial charge in [-0.15, -0.1) is 0 Å². The quantitative estimate of drug-likeness (QED) is 0.295. The van der Waals surface area contributed by atoms with E-state index in [1.165, 1.54) is 0 Å². The maximum absolute atomic E-state index is 11.5. The van der Waals surface area contributed by atoms with Crippen molar-refractivity contribution in [2.24, 2.45) is 0 Å². The van der Waals surface area contributed by atoms with Crippen LogP contribution >= 0.6 is 0 Å². The van der Waals surface area contributed by atoms with Crippen LogP contribution in [0.5, 0.6) is 0 Å². The van der Waals surface area contributed by atoms with Crippen LogP contribution in [0.3, 0.4) is 0 Å². The molecule has 0 aromatic carbocycles. The van der Waals surface area contributed by atoms with Gasteiger partial charge in [0.1, 0.15) is 18.8 Å². The number of aliphatic hydroxyl groups is 1. The van der Waals surface area contributed by atoms with Gasteiger partial charge in [-0.3, -0.25) is 15.2 Å². The first-order valence-electron chi connectivity index (χ1n) is 7.31. The van der Waals surface area contributed by atoms with Crippen molar-refractivity contribution in [3.8, 4) is 0 Å². The summed E-state index contributed by atoms with van der Waals surface area (Å²) in [6, 6.07) is 0. The number of carbonyl (C=O) groups excluding carboxylic acids is 1. The lowest BCUT2D eigenvalue weighted by molar-refractivity contribution is -0.503. The zero-order valence-electron chi connectivity index (χ0n) is 12.9. The lowest BCUT2D eigenvalue weighted by atomic mass is 10.2. The molecule has 0 aromatic heterocycles. The zero-order chi connectivity index (χ0) is 16.5. The first-order chi connectivity index (χ1) is 10.4. The Kier molecular flexibility index (Phi) is 8.79. The van der Waals surface area contributed by atoms with E-state index < -0.39 is 18.3 Å². The Balaban J connectivity index is 2.01. The van der Waals surface area contributed by atoms with Crippen LogP contribution in [0.1, 0.15) is 33.1 Å². The molecule has 130 valence electrons. The molecule has 9 nitrogen and oxygen atoms in total. The first kappa shape index (κ1) is 19.2. The maximum atomic E-state index is 11.5. The first-order valence-corrected chi connectivity index (χ1v) is 7.31. The largest absolute Gasteiger partial charge is 0.463 e. The minimum atomic E-state index is -0.648. The molecule has 0 bridgehead atoms. The monoisotopic (exact) mass is 323 g/mol. The van der Waals surface area contributed by atoms with Crippen molar-refractivity contribution in [3.05, 3.63) is 0 Å². The van der Waals surface area contributed by atoms with Crippen LogP contribution in [-0.2, 0) is 23.8 Å². The van der Waals surface area contributed by atoms with Gasteiger partial charge in [-0.1, -0.05) is 0 Å². The van der Waals surface area contributed by atoms with Crippen LogP contribution in [0.4, 0.5) is 0 Å². The Morgan fingerprint density at radius 2 is 2.14 bits per heavy atom. The molecular formula is C13H25NO8. The summed E-state index contributed by atoms with van der Waals surface area (Å²) in [5, 5.41) is 26.1. The summed E-state index contributed by atoms with van der Waals surface area (Å²) >= 11 is 0. The van der Waals surface area contributed by atoms with Gasteiger partial charge in [0.25, 0.3) is 0 Å². The van der Waals surface area contributed by atoms with Crippen LogP contribution in [-0.4, -0.2) is 71.1 Å². The van der Waals surface area contributed by atoms with E-state index in [0.717, 1.165) is 0 Å². The molecule has 22 heavy (non-hydrogen) atoms. The second-order valence-electron chi connectivity index (χ2n) is 5.22. The molecule has 0 aliphatic carbocycles. The standard InChI is InChI=1S/C13H25NO8/c1-9(22-14(17)18)4-3-5-12(16)19-6-7-20-13-10(2)21-8-11(13)15/h9-11,13,15,17-18H,3-8H2,1-2H3/t9-,10-,11-,13+/m1/s1. The van der Waals surface area contributed by atoms with Crippen molar-refractivity contribution >= 4 is 5.97 Å². The molecule has 1 fully saturated rings. The normalized spacial score (nSPS) is 26.4. The summed E-state index contributed by atoms with van der Waals surface area (Å²) in [6.45, 7) is 4.03. The summed E-state index contributed by atoms with van der Waals surface area (Å²) in [4.78, 5) is 16.0. The van der Waals surface area contributed by atoms with Crippen LogP contribution in [0, 0.1) is 0 Å². The Hall–Kier alpha value is -0.810. The average molecular weight is 323 g/mol. The molecule has 9 heteroatoms. The van der Waals surface area contributed by atoms with E-state index in [1.54, 1.807) is 6.92 Å². The van der Waals surface area contributed by atoms with Gasteiger partial charge in [-0.25, -0.2) is 4.84 Å². The van der Waals surface area contributed by atoms with Crippen LogP contribution in [0.2, 0.25) is 0 Å². The Bertz CT molecular complexity index is 317. The third-order valence-electron chi connectivity index (χ3n) is 3.29. The summed E-state index contributed by atoms with van der Waals surface area (Å²) in [7, 11) is 0. The smallest absolute Gasteiger partial charge is 0.305 e. The minimum absolute atomic E-state index is 0.113. The summed E-state index contributed by atoms with van der Waals surface area (Å²) < 4.78 is 15.7. The van der Waals surface area contributed by atoms with E-state index in [-0.39, 0.29) is 43.7 Å². The number of esters is 1. The number of hydrogen-bond acceptors (Lipinski definition) is 9. The fourth-order valence-electron chi connectivity index (χ4n) is 2.16. The van der Waals surface area contributed by atoms with Crippen molar-refractivity contribution in [2.75, 3.05) is 19.8 Å². The molecule has 0 saturated carbocycles. The van der Waals surface area contributed by atoms with E-state index in [9.17, 15) is 9.90 Å². The number of hydrogen-bond donors (Lipinski definition) is 3. The van der Waals surface area contributed by atoms with E-state index in [0.29, 0.717) is 12.8 Å². The van der Waals surface area contributed by atoms with Gasteiger partial charge in [0.05, 0.1) is 30.8 Å². The van der Waals surface area contributed by atoms with Crippen molar-refractivity contribution in [1.82, 2.24) is 5.39 Å². The molecule has 1 aliphatic heterocycles. The SMILES string of the molecule is C[C@H](CCCC(=O)OCCO[C@@H]1[C@H](O)CO[C@@H]1C)ON(O)O. The van der Waals surface area contributed by atoms with Gasteiger partial charge < -0.3 is 19.3 Å². The number of carbonyl (C=O) groups is 1. The third-order valence-corrected chi connectivity index (χ3v) is 3.29. The van der Waals surface area contributed by atoms with Gasteiger partial charge >= 0.3 is 5.97 Å². The van der Waals surface area contributed by atoms with Crippen LogP contribution < -0.4 is 0 Å². The highest BCUT2D eigenvalue weighted by molar-refractivity contribution is 5.69.